The van der Waals surface area contributed by atoms with Crippen LogP contribution in [0.2, 0.25) is 5.28 Å². The lowest BCUT2D eigenvalue weighted by Gasteiger charge is -2.12. The smallest absolute Gasteiger partial charge is 0.322 e. The van der Waals surface area contributed by atoms with Crippen LogP contribution in [-0.2, 0) is 0 Å². The largest absolute Gasteiger partial charge is 0.463 e. The molecule has 0 amide bonds. The highest BCUT2D eigenvalue weighted by atomic mass is 35.5. The Morgan fingerprint density at radius 2 is 2.17 bits per heavy atom. The highest BCUT2D eigenvalue weighted by molar-refractivity contribution is 6.28. The van der Waals surface area contributed by atoms with Gasteiger partial charge in [-0.15, -0.1) is 0 Å². The van der Waals surface area contributed by atoms with E-state index in [2.05, 4.69) is 20.3 Å². The maximum atomic E-state index is 9.22. The van der Waals surface area contributed by atoms with Crippen molar-refractivity contribution in [1.82, 2.24) is 15.0 Å². The van der Waals surface area contributed by atoms with E-state index in [9.17, 15) is 5.11 Å². The van der Waals surface area contributed by atoms with Crippen molar-refractivity contribution < 1.29 is 9.84 Å². The van der Waals surface area contributed by atoms with Crippen LogP contribution in [0, 0.1) is 5.41 Å². The molecule has 18 heavy (non-hydrogen) atoms. The average Bonchev–Trinajstić information content (AvgIpc) is 3.14. The van der Waals surface area contributed by atoms with Crippen LogP contribution in [0.3, 0.4) is 0 Å². The second kappa shape index (κ2) is 5.67. The van der Waals surface area contributed by atoms with Gasteiger partial charge in [-0.25, -0.2) is 0 Å². The van der Waals surface area contributed by atoms with Crippen molar-refractivity contribution in [2.24, 2.45) is 5.41 Å². The topological polar surface area (TPSA) is 80.2 Å². The minimum atomic E-state index is -0.0104. The molecule has 0 bridgehead atoms. The molecule has 0 radical (unpaired) electrons. The number of halogens is 1. The Bertz CT molecular complexity index is 412. The SMILES string of the molecule is CCCOc1nc(Cl)nc(NCC2(CO)CC2)n1. The number of aliphatic hydroxyl groups excluding tert-OH is 1. The van der Waals surface area contributed by atoms with Crippen molar-refractivity contribution in [3.63, 3.8) is 0 Å². The summed E-state index contributed by atoms with van der Waals surface area (Å²) < 4.78 is 5.31. The molecule has 100 valence electrons. The maximum absolute atomic E-state index is 9.22. The first-order chi connectivity index (χ1) is 8.67. The van der Waals surface area contributed by atoms with Crippen LogP contribution in [0.15, 0.2) is 0 Å². The molecule has 1 saturated carbocycles. The van der Waals surface area contributed by atoms with Gasteiger partial charge in [-0.3, -0.25) is 0 Å². The van der Waals surface area contributed by atoms with E-state index in [0.29, 0.717) is 19.1 Å². The summed E-state index contributed by atoms with van der Waals surface area (Å²) in [6, 6.07) is 0.230. The molecule has 2 N–H and O–H groups in total. The molecule has 0 saturated heterocycles. The Morgan fingerprint density at radius 1 is 1.39 bits per heavy atom. The quantitative estimate of drug-likeness (QED) is 0.783. The van der Waals surface area contributed by atoms with Crippen LogP contribution in [-0.4, -0.2) is 39.8 Å². The molecule has 2 rings (SSSR count). The monoisotopic (exact) mass is 272 g/mol. The van der Waals surface area contributed by atoms with Crippen LogP contribution in [0.25, 0.3) is 0 Å². The number of hydrogen-bond acceptors (Lipinski definition) is 6. The zero-order valence-electron chi connectivity index (χ0n) is 10.3. The summed E-state index contributed by atoms with van der Waals surface area (Å²) in [7, 11) is 0. The van der Waals surface area contributed by atoms with Crippen LogP contribution < -0.4 is 10.1 Å². The summed E-state index contributed by atoms with van der Waals surface area (Å²) >= 11 is 5.80. The van der Waals surface area contributed by atoms with Gasteiger partial charge < -0.3 is 15.2 Å². The number of aromatic nitrogens is 3. The Kier molecular flexibility index (Phi) is 4.19. The number of rotatable bonds is 7. The highest BCUT2D eigenvalue weighted by Gasteiger charge is 2.41. The fourth-order valence-corrected chi connectivity index (χ4v) is 1.66. The van der Waals surface area contributed by atoms with Gasteiger partial charge in [-0.1, -0.05) is 6.92 Å². The minimum Gasteiger partial charge on any atom is -0.463 e. The van der Waals surface area contributed by atoms with Crippen LogP contribution in [0.4, 0.5) is 5.95 Å². The molecule has 7 heteroatoms. The number of nitrogens with zero attached hydrogens (tertiary/aromatic N) is 3. The van der Waals surface area contributed by atoms with Crippen molar-refractivity contribution in [3.8, 4) is 6.01 Å². The van der Waals surface area contributed by atoms with Crippen LogP contribution >= 0.6 is 11.6 Å². The van der Waals surface area contributed by atoms with Crippen LogP contribution in [0.5, 0.6) is 6.01 Å². The maximum Gasteiger partial charge on any atom is 0.322 e. The van der Waals surface area contributed by atoms with Gasteiger partial charge in [0, 0.05) is 12.0 Å². The van der Waals surface area contributed by atoms with Gasteiger partial charge in [0.15, 0.2) is 0 Å². The first kappa shape index (κ1) is 13.3. The fraction of sp³-hybridized carbons (Fsp3) is 0.727. The van der Waals surface area contributed by atoms with Crippen molar-refractivity contribution in [2.45, 2.75) is 26.2 Å². The summed E-state index contributed by atoms with van der Waals surface area (Å²) in [6.07, 6.45) is 2.92. The molecule has 1 aromatic rings. The van der Waals surface area contributed by atoms with E-state index in [1.165, 1.54) is 0 Å². The van der Waals surface area contributed by atoms with E-state index in [1.807, 2.05) is 6.92 Å². The molecule has 1 aromatic heterocycles. The molecule has 6 nitrogen and oxygen atoms in total. The summed E-state index contributed by atoms with van der Waals surface area (Å²) in [4.78, 5) is 12.0. The molecule has 0 aliphatic heterocycles. The Labute approximate surface area is 111 Å². The Morgan fingerprint density at radius 3 is 2.78 bits per heavy atom. The molecule has 0 unspecified atom stereocenters. The minimum absolute atomic E-state index is 0.0104. The fourth-order valence-electron chi connectivity index (χ4n) is 1.50. The lowest BCUT2D eigenvalue weighted by molar-refractivity contribution is 0.219. The van der Waals surface area contributed by atoms with E-state index in [-0.39, 0.29) is 23.3 Å². The average molecular weight is 273 g/mol. The second-order valence-electron chi connectivity index (χ2n) is 4.57. The van der Waals surface area contributed by atoms with E-state index in [0.717, 1.165) is 19.3 Å². The van der Waals surface area contributed by atoms with Crippen molar-refractivity contribution >= 4 is 17.5 Å². The lowest BCUT2D eigenvalue weighted by atomic mass is 10.1. The molecule has 0 atom stereocenters. The number of nitrogens with one attached hydrogen (secondary N) is 1. The van der Waals surface area contributed by atoms with Crippen molar-refractivity contribution in [2.75, 3.05) is 25.1 Å². The predicted molar refractivity (Wildman–Crippen MR) is 67.9 cm³/mol. The van der Waals surface area contributed by atoms with Gasteiger partial charge in [-0.05, 0) is 30.9 Å². The lowest BCUT2D eigenvalue weighted by Crippen LogP contribution is -2.20. The van der Waals surface area contributed by atoms with Gasteiger partial charge in [0.1, 0.15) is 0 Å². The molecule has 0 spiro atoms. The molecule has 1 aliphatic rings. The van der Waals surface area contributed by atoms with E-state index < -0.39 is 0 Å². The summed E-state index contributed by atoms with van der Waals surface area (Å²) in [5, 5.41) is 12.4. The van der Waals surface area contributed by atoms with Crippen LogP contribution in [0.1, 0.15) is 26.2 Å². The zero-order valence-corrected chi connectivity index (χ0v) is 11.1. The molecule has 1 fully saturated rings. The number of anilines is 1. The van der Waals surface area contributed by atoms with E-state index in [4.69, 9.17) is 16.3 Å². The molecule has 1 aliphatic carbocycles. The molecule has 0 aromatic carbocycles. The summed E-state index contributed by atoms with van der Waals surface area (Å²) in [5.41, 5.74) is -0.0104. The third-order valence-electron chi connectivity index (χ3n) is 2.94. The zero-order chi connectivity index (χ0) is 13.0. The first-order valence-corrected chi connectivity index (χ1v) is 6.44. The number of hydrogen-bond donors (Lipinski definition) is 2. The normalized spacial score (nSPS) is 16.4. The third-order valence-corrected chi connectivity index (χ3v) is 3.11. The number of aliphatic hydroxyl groups is 1. The van der Waals surface area contributed by atoms with Crippen molar-refractivity contribution in [1.29, 1.82) is 0 Å². The van der Waals surface area contributed by atoms with Crippen molar-refractivity contribution in [3.05, 3.63) is 5.28 Å². The van der Waals surface area contributed by atoms with E-state index in [1.54, 1.807) is 0 Å². The third kappa shape index (κ3) is 3.43. The Hall–Kier alpha value is -1.14. The Balaban J connectivity index is 1.96. The summed E-state index contributed by atoms with van der Waals surface area (Å²) in [5.74, 6) is 0.390. The number of ether oxygens (including phenoxy) is 1. The molecular weight excluding hydrogens is 256 g/mol. The molecular formula is C11H17ClN4O2. The summed E-state index contributed by atoms with van der Waals surface area (Å²) in [6.45, 7) is 3.36. The molecule has 1 heterocycles. The van der Waals surface area contributed by atoms with E-state index >= 15 is 0 Å². The van der Waals surface area contributed by atoms with Gasteiger partial charge in [0.05, 0.1) is 13.2 Å². The first-order valence-electron chi connectivity index (χ1n) is 6.06. The van der Waals surface area contributed by atoms with Gasteiger partial charge in [0.2, 0.25) is 11.2 Å². The highest BCUT2D eigenvalue weighted by Crippen LogP contribution is 2.44. The van der Waals surface area contributed by atoms with Gasteiger partial charge in [-0.2, -0.15) is 15.0 Å². The van der Waals surface area contributed by atoms with Gasteiger partial charge in [0.25, 0.3) is 0 Å². The van der Waals surface area contributed by atoms with Gasteiger partial charge >= 0.3 is 6.01 Å². The predicted octanol–water partition coefficient (Wildman–Crippen LogP) is 1.50. The second-order valence-corrected chi connectivity index (χ2v) is 4.91. The standard InChI is InChI=1S/C11H17ClN4O2/c1-2-5-18-10-15-8(12)14-9(16-10)13-6-11(7-17)3-4-11/h17H,2-7H2,1H3,(H,13,14,15,16).